The van der Waals surface area contributed by atoms with Crippen LogP contribution < -0.4 is 4.74 Å². The molecular formula is C9H9IN2OS. The number of hydrogen-bond donors (Lipinski definition) is 0. The quantitative estimate of drug-likeness (QED) is 0.369. The Morgan fingerprint density at radius 2 is 2.21 bits per heavy atom. The number of rotatable bonds is 4. The SMILES string of the molecule is CCSc1ncc(OCC#CI)cn1. The molecule has 3 nitrogen and oxygen atoms in total. The van der Waals surface area contributed by atoms with E-state index in [2.05, 4.69) is 26.7 Å². The molecule has 0 aromatic carbocycles. The second-order valence-electron chi connectivity index (χ2n) is 2.19. The first kappa shape index (κ1) is 11.6. The van der Waals surface area contributed by atoms with E-state index in [4.69, 9.17) is 4.74 Å². The van der Waals surface area contributed by atoms with Crippen molar-refractivity contribution in [2.75, 3.05) is 12.4 Å². The lowest BCUT2D eigenvalue weighted by Crippen LogP contribution is -1.95. The van der Waals surface area contributed by atoms with E-state index in [1.807, 2.05) is 22.6 Å². The van der Waals surface area contributed by atoms with Crippen LogP contribution in [0.4, 0.5) is 0 Å². The first-order valence-corrected chi connectivity index (χ1v) is 6.09. The third-order valence-electron chi connectivity index (χ3n) is 1.26. The lowest BCUT2D eigenvalue weighted by molar-refractivity contribution is 0.365. The first-order chi connectivity index (χ1) is 6.86. The van der Waals surface area contributed by atoms with E-state index in [1.165, 1.54) is 0 Å². The van der Waals surface area contributed by atoms with E-state index in [0.717, 1.165) is 10.9 Å². The monoisotopic (exact) mass is 320 g/mol. The van der Waals surface area contributed by atoms with Crippen LogP contribution in [0.2, 0.25) is 0 Å². The van der Waals surface area contributed by atoms with Gasteiger partial charge in [0, 0.05) is 22.6 Å². The van der Waals surface area contributed by atoms with Gasteiger partial charge in [-0.1, -0.05) is 24.6 Å². The number of thioether (sulfide) groups is 1. The highest BCUT2D eigenvalue weighted by Gasteiger charge is 1.96. The summed E-state index contributed by atoms with van der Waals surface area (Å²) in [6, 6.07) is 0. The summed E-state index contributed by atoms with van der Waals surface area (Å²) in [5.74, 6) is 4.42. The predicted octanol–water partition coefficient (Wildman–Crippen LogP) is 2.36. The molecule has 0 N–H and O–H groups in total. The average molecular weight is 320 g/mol. The normalized spacial score (nSPS) is 9.00. The van der Waals surface area contributed by atoms with Crippen molar-refractivity contribution in [3.63, 3.8) is 0 Å². The second kappa shape index (κ2) is 6.90. The fraction of sp³-hybridized carbons (Fsp3) is 0.333. The van der Waals surface area contributed by atoms with Gasteiger partial charge in [-0.2, -0.15) is 0 Å². The number of nitrogens with zero attached hydrogens (tertiary/aromatic N) is 2. The Morgan fingerprint density at radius 1 is 1.50 bits per heavy atom. The Labute approximate surface area is 101 Å². The van der Waals surface area contributed by atoms with E-state index < -0.39 is 0 Å². The van der Waals surface area contributed by atoms with Gasteiger partial charge in [-0.25, -0.2) is 9.97 Å². The zero-order valence-electron chi connectivity index (χ0n) is 7.66. The zero-order valence-corrected chi connectivity index (χ0v) is 10.6. The van der Waals surface area contributed by atoms with Gasteiger partial charge in [-0.3, -0.25) is 0 Å². The third kappa shape index (κ3) is 4.15. The van der Waals surface area contributed by atoms with Gasteiger partial charge in [0.2, 0.25) is 0 Å². The summed E-state index contributed by atoms with van der Waals surface area (Å²) >= 11 is 3.58. The topological polar surface area (TPSA) is 35.0 Å². The van der Waals surface area contributed by atoms with Gasteiger partial charge in [-0.05, 0) is 9.68 Å². The molecule has 1 aromatic rings. The van der Waals surface area contributed by atoms with Crippen LogP contribution in [-0.4, -0.2) is 22.3 Å². The van der Waals surface area contributed by atoms with E-state index >= 15 is 0 Å². The van der Waals surface area contributed by atoms with Gasteiger partial charge in [0.1, 0.15) is 6.61 Å². The second-order valence-corrected chi connectivity index (χ2v) is 3.96. The van der Waals surface area contributed by atoms with Crippen LogP contribution in [0.25, 0.3) is 0 Å². The molecule has 0 atom stereocenters. The highest BCUT2D eigenvalue weighted by molar-refractivity contribution is 14.1. The van der Waals surface area contributed by atoms with Crippen LogP contribution in [0.15, 0.2) is 17.6 Å². The molecule has 1 heterocycles. The first-order valence-electron chi connectivity index (χ1n) is 4.03. The largest absolute Gasteiger partial charge is 0.478 e. The standard InChI is InChI=1S/C9H9IN2OS/c1-2-14-9-11-6-8(7-12-9)13-5-3-4-10/h6-7H,2,5H2,1H3. The molecule has 5 heteroatoms. The minimum atomic E-state index is 0.382. The van der Waals surface area contributed by atoms with Gasteiger partial charge in [0.25, 0.3) is 0 Å². The molecule has 0 unspecified atom stereocenters. The summed E-state index contributed by atoms with van der Waals surface area (Å²) in [5, 5.41) is 0.778. The van der Waals surface area contributed by atoms with Crippen LogP contribution in [0.3, 0.4) is 0 Å². The van der Waals surface area contributed by atoms with Crippen LogP contribution in [0.5, 0.6) is 5.75 Å². The van der Waals surface area contributed by atoms with Crippen molar-refractivity contribution in [2.45, 2.75) is 12.1 Å². The van der Waals surface area contributed by atoms with Crippen molar-refractivity contribution < 1.29 is 4.74 Å². The van der Waals surface area contributed by atoms with Crippen LogP contribution in [0, 0.1) is 9.85 Å². The maximum Gasteiger partial charge on any atom is 0.187 e. The van der Waals surface area contributed by atoms with Crippen molar-refractivity contribution in [3.05, 3.63) is 12.4 Å². The van der Waals surface area contributed by atoms with Crippen LogP contribution in [0.1, 0.15) is 6.92 Å². The van der Waals surface area contributed by atoms with Crippen molar-refractivity contribution in [1.82, 2.24) is 9.97 Å². The van der Waals surface area contributed by atoms with Crippen molar-refractivity contribution >= 4 is 34.4 Å². The highest BCUT2D eigenvalue weighted by Crippen LogP contribution is 2.13. The zero-order chi connectivity index (χ0) is 10.2. The van der Waals surface area contributed by atoms with Gasteiger partial charge in [0.05, 0.1) is 12.4 Å². The summed E-state index contributed by atoms with van der Waals surface area (Å²) in [7, 11) is 0. The fourth-order valence-corrected chi connectivity index (χ4v) is 1.40. The van der Waals surface area contributed by atoms with Crippen molar-refractivity contribution in [2.24, 2.45) is 0 Å². The Bertz CT molecular complexity index is 331. The number of aromatic nitrogens is 2. The van der Waals surface area contributed by atoms with Crippen molar-refractivity contribution in [1.29, 1.82) is 0 Å². The molecule has 0 aliphatic carbocycles. The van der Waals surface area contributed by atoms with E-state index in [9.17, 15) is 0 Å². The maximum atomic E-state index is 5.27. The molecule has 0 aliphatic rings. The molecular weight excluding hydrogens is 311 g/mol. The Morgan fingerprint density at radius 3 is 2.79 bits per heavy atom. The third-order valence-corrected chi connectivity index (χ3v) is 2.39. The van der Waals surface area contributed by atoms with Gasteiger partial charge < -0.3 is 4.74 Å². The van der Waals surface area contributed by atoms with Gasteiger partial charge >= 0.3 is 0 Å². The van der Waals surface area contributed by atoms with Crippen molar-refractivity contribution in [3.8, 4) is 15.6 Å². The smallest absolute Gasteiger partial charge is 0.187 e. The molecule has 14 heavy (non-hydrogen) atoms. The highest BCUT2D eigenvalue weighted by atomic mass is 127. The lowest BCUT2D eigenvalue weighted by Gasteiger charge is -2.01. The number of hydrogen-bond acceptors (Lipinski definition) is 4. The molecule has 1 aromatic heterocycles. The average Bonchev–Trinajstić information content (AvgIpc) is 2.21. The molecule has 0 amide bonds. The molecule has 74 valence electrons. The Kier molecular flexibility index (Phi) is 5.71. The van der Waals surface area contributed by atoms with E-state index in [0.29, 0.717) is 12.4 Å². The Hall–Kier alpha value is -0.480. The maximum absolute atomic E-state index is 5.27. The summed E-state index contributed by atoms with van der Waals surface area (Å²) in [6.07, 6.45) is 3.33. The van der Waals surface area contributed by atoms with E-state index in [1.54, 1.807) is 24.2 Å². The predicted molar refractivity (Wildman–Crippen MR) is 65.7 cm³/mol. The molecule has 0 saturated carbocycles. The summed E-state index contributed by atoms with van der Waals surface area (Å²) in [5.41, 5.74) is 0. The minimum Gasteiger partial charge on any atom is -0.478 e. The molecule has 0 bridgehead atoms. The van der Waals surface area contributed by atoms with Gasteiger partial charge in [0.15, 0.2) is 10.9 Å². The lowest BCUT2D eigenvalue weighted by atomic mass is 10.6. The summed E-state index contributed by atoms with van der Waals surface area (Å²) < 4.78 is 7.99. The molecule has 0 radical (unpaired) electrons. The van der Waals surface area contributed by atoms with Crippen LogP contribution >= 0.6 is 34.4 Å². The van der Waals surface area contributed by atoms with Crippen LogP contribution in [-0.2, 0) is 0 Å². The molecule has 0 spiro atoms. The van der Waals surface area contributed by atoms with E-state index in [-0.39, 0.29) is 0 Å². The summed E-state index contributed by atoms with van der Waals surface area (Å²) in [4.78, 5) is 8.25. The number of halogens is 1. The molecule has 0 saturated heterocycles. The fourth-order valence-electron chi connectivity index (χ4n) is 0.729. The number of ether oxygens (including phenoxy) is 1. The van der Waals surface area contributed by atoms with Gasteiger partial charge in [-0.15, -0.1) is 0 Å². The molecule has 0 aliphatic heterocycles. The molecule has 1 rings (SSSR count). The Balaban J connectivity index is 2.49. The minimum absolute atomic E-state index is 0.382. The molecule has 0 fully saturated rings. The summed E-state index contributed by atoms with van der Waals surface area (Å²) in [6.45, 7) is 2.45.